The number of allylic oxidation sites excluding steroid dienone is 1. The highest BCUT2D eigenvalue weighted by atomic mass is 16.2. The van der Waals surface area contributed by atoms with E-state index >= 15 is 0 Å². The maximum Gasteiger partial charge on any atom is 0.346 e. The Hall–Kier alpha value is -3.21. The highest BCUT2D eigenvalue weighted by Gasteiger charge is 2.51. The zero-order chi connectivity index (χ0) is 18.6. The summed E-state index contributed by atoms with van der Waals surface area (Å²) in [5.41, 5.74) is 1.56. The van der Waals surface area contributed by atoms with Crippen molar-refractivity contribution in [3.8, 4) is 0 Å². The summed E-state index contributed by atoms with van der Waals surface area (Å²) in [6.07, 6.45) is 3.92. The van der Waals surface area contributed by atoms with Crippen LogP contribution in [0.1, 0.15) is 31.4 Å². The Labute approximate surface area is 153 Å². The largest absolute Gasteiger partial charge is 0.346 e. The highest BCUT2D eigenvalue weighted by Crippen LogP contribution is 2.32. The van der Waals surface area contributed by atoms with E-state index in [0.717, 1.165) is 21.7 Å². The van der Waals surface area contributed by atoms with E-state index in [4.69, 9.17) is 0 Å². The molecule has 1 saturated heterocycles. The van der Waals surface area contributed by atoms with Crippen molar-refractivity contribution in [2.45, 2.75) is 25.8 Å². The minimum atomic E-state index is -1.06. The minimum Gasteiger partial charge on any atom is -0.318 e. The number of nitrogens with zero attached hydrogens (tertiary/aromatic N) is 2. The molecule has 5 nitrogen and oxygen atoms in total. The predicted molar refractivity (Wildman–Crippen MR) is 102 cm³/mol. The molecule has 1 atom stereocenters. The van der Waals surface area contributed by atoms with Gasteiger partial charge in [0.1, 0.15) is 5.54 Å². The van der Waals surface area contributed by atoms with E-state index < -0.39 is 11.6 Å². The number of benzene rings is 2. The molecule has 5 heteroatoms. The maximum absolute atomic E-state index is 12.9. The van der Waals surface area contributed by atoms with E-state index in [1.165, 1.54) is 6.21 Å². The SMILES string of the molecule is CC[C@]1(c2ccccc2)NC(=O)N(/N=C\C(C)=C\c2ccccc2)C1=O. The molecule has 1 fully saturated rings. The second-order valence-corrected chi connectivity index (χ2v) is 6.22. The third-order valence-electron chi connectivity index (χ3n) is 4.44. The third-order valence-corrected chi connectivity index (χ3v) is 4.44. The summed E-state index contributed by atoms with van der Waals surface area (Å²) in [6, 6.07) is 18.5. The summed E-state index contributed by atoms with van der Waals surface area (Å²) in [4.78, 5) is 25.3. The monoisotopic (exact) mass is 347 g/mol. The van der Waals surface area contributed by atoms with Gasteiger partial charge >= 0.3 is 6.03 Å². The van der Waals surface area contributed by atoms with Crippen LogP contribution in [0.3, 0.4) is 0 Å². The summed E-state index contributed by atoms with van der Waals surface area (Å²) < 4.78 is 0. The van der Waals surface area contributed by atoms with Crippen molar-refractivity contribution in [2.24, 2.45) is 5.10 Å². The molecular formula is C21H21N3O2. The number of carbonyl (C=O) groups excluding carboxylic acids is 2. The summed E-state index contributed by atoms with van der Waals surface area (Å²) in [5.74, 6) is -0.361. The van der Waals surface area contributed by atoms with Gasteiger partial charge in [0.15, 0.2) is 0 Å². The van der Waals surface area contributed by atoms with Crippen LogP contribution in [0.2, 0.25) is 0 Å². The number of hydrogen-bond acceptors (Lipinski definition) is 3. The highest BCUT2D eigenvalue weighted by molar-refractivity contribution is 6.07. The van der Waals surface area contributed by atoms with Crippen molar-refractivity contribution in [1.82, 2.24) is 10.3 Å². The Bertz CT molecular complexity index is 859. The maximum atomic E-state index is 12.9. The number of hydrazone groups is 1. The normalized spacial score (nSPS) is 20.7. The van der Waals surface area contributed by atoms with Gasteiger partial charge in [-0.2, -0.15) is 5.10 Å². The van der Waals surface area contributed by atoms with Crippen LogP contribution < -0.4 is 5.32 Å². The Balaban J connectivity index is 1.84. The van der Waals surface area contributed by atoms with E-state index in [-0.39, 0.29) is 5.91 Å². The first-order valence-electron chi connectivity index (χ1n) is 8.56. The molecule has 1 N–H and O–H groups in total. The minimum absolute atomic E-state index is 0.361. The Kier molecular flexibility index (Phi) is 4.98. The fourth-order valence-corrected chi connectivity index (χ4v) is 3.03. The fourth-order valence-electron chi connectivity index (χ4n) is 3.03. The molecule has 0 unspecified atom stereocenters. The molecule has 0 spiro atoms. The van der Waals surface area contributed by atoms with Gasteiger partial charge in [-0.25, -0.2) is 4.79 Å². The first-order valence-corrected chi connectivity index (χ1v) is 8.56. The van der Waals surface area contributed by atoms with Gasteiger partial charge in [-0.1, -0.05) is 73.7 Å². The zero-order valence-electron chi connectivity index (χ0n) is 14.8. The molecule has 132 valence electrons. The van der Waals surface area contributed by atoms with Crippen molar-refractivity contribution in [3.05, 3.63) is 77.4 Å². The van der Waals surface area contributed by atoms with Gasteiger partial charge in [-0.15, -0.1) is 5.01 Å². The van der Waals surface area contributed by atoms with E-state index in [1.807, 2.05) is 80.6 Å². The standard InChI is InChI=1S/C21H21N3O2/c1-3-21(18-12-8-5-9-13-18)19(25)24(20(26)23-21)22-15-16(2)14-17-10-6-4-7-11-17/h4-15H,3H2,1-2H3,(H,23,26)/b16-14+,22-15-/t21-/m1/s1. The molecular weight excluding hydrogens is 326 g/mol. The molecule has 3 rings (SSSR count). The lowest BCUT2D eigenvalue weighted by Gasteiger charge is -2.24. The van der Waals surface area contributed by atoms with E-state index in [0.29, 0.717) is 6.42 Å². The van der Waals surface area contributed by atoms with Gasteiger partial charge in [0, 0.05) is 0 Å². The van der Waals surface area contributed by atoms with Crippen molar-refractivity contribution >= 4 is 24.2 Å². The first-order chi connectivity index (χ1) is 12.6. The van der Waals surface area contributed by atoms with Gasteiger partial charge in [0.05, 0.1) is 6.21 Å². The average molecular weight is 347 g/mol. The van der Waals surface area contributed by atoms with Gasteiger partial charge in [0.25, 0.3) is 5.91 Å². The van der Waals surface area contributed by atoms with Crippen LogP contribution in [-0.2, 0) is 10.3 Å². The van der Waals surface area contributed by atoms with Crippen LogP contribution in [0.15, 0.2) is 71.3 Å². The smallest absolute Gasteiger partial charge is 0.318 e. The zero-order valence-corrected chi connectivity index (χ0v) is 14.8. The second kappa shape index (κ2) is 7.35. The van der Waals surface area contributed by atoms with Crippen molar-refractivity contribution in [1.29, 1.82) is 0 Å². The first kappa shape index (κ1) is 17.6. The number of rotatable bonds is 5. The molecule has 0 saturated carbocycles. The molecule has 3 amide bonds. The van der Waals surface area contributed by atoms with Crippen LogP contribution in [0.4, 0.5) is 4.79 Å². The quantitative estimate of drug-likeness (QED) is 0.658. The van der Waals surface area contributed by atoms with Crippen molar-refractivity contribution < 1.29 is 9.59 Å². The lowest BCUT2D eigenvalue weighted by atomic mass is 9.87. The summed E-state index contributed by atoms with van der Waals surface area (Å²) in [5, 5.41) is 7.85. The molecule has 0 bridgehead atoms. The van der Waals surface area contributed by atoms with E-state index in [2.05, 4.69) is 10.4 Å². The molecule has 2 aromatic rings. The fraction of sp³-hybridized carbons (Fsp3) is 0.190. The number of nitrogens with one attached hydrogen (secondary N) is 1. The summed E-state index contributed by atoms with van der Waals surface area (Å²) >= 11 is 0. The number of hydrogen-bond donors (Lipinski definition) is 1. The second-order valence-electron chi connectivity index (χ2n) is 6.22. The van der Waals surface area contributed by atoms with Crippen molar-refractivity contribution in [2.75, 3.05) is 0 Å². The van der Waals surface area contributed by atoms with Crippen LogP contribution in [-0.4, -0.2) is 23.2 Å². The van der Waals surface area contributed by atoms with Gasteiger partial charge in [-0.05, 0) is 30.0 Å². The van der Waals surface area contributed by atoms with Crippen LogP contribution >= 0.6 is 0 Å². The van der Waals surface area contributed by atoms with Crippen LogP contribution in [0, 0.1) is 0 Å². The van der Waals surface area contributed by atoms with Gasteiger partial charge in [0.2, 0.25) is 0 Å². The van der Waals surface area contributed by atoms with E-state index in [1.54, 1.807) is 0 Å². The molecule has 1 aliphatic rings. The molecule has 0 radical (unpaired) electrons. The predicted octanol–water partition coefficient (Wildman–Crippen LogP) is 3.93. The molecule has 0 aliphatic carbocycles. The Morgan fingerprint density at radius 2 is 1.69 bits per heavy atom. The number of urea groups is 1. The number of amides is 3. The molecule has 1 aliphatic heterocycles. The van der Waals surface area contributed by atoms with E-state index in [9.17, 15) is 9.59 Å². The lowest BCUT2D eigenvalue weighted by molar-refractivity contribution is -0.131. The van der Waals surface area contributed by atoms with Crippen LogP contribution in [0.5, 0.6) is 0 Å². The number of imide groups is 1. The lowest BCUT2D eigenvalue weighted by Crippen LogP contribution is -2.43. The molecule has 26 heavy (non-hydrogen) atoms. The summed E-state index contributed by atoms with van der Waals surface area (Å²) in [6.45, 7) is 3.75. The molecule has 1 heterocycles. The molecule has 2 aromatic carbocycles. The van der Waals surface area contributed by atoms with Gasteiger partial charge < -0.3 is 5.32 Å². The number of carbonyl (C=O) groups is 2. The third kappa shape index (κ3) is 3.28. The van der Waals surface area contributed by atoms with Crippen LogP contribution in [0.25, 0.3) is 6.08 Å². The van der Waals surface area contributed by atoms with Gasteiger partial charge in [-0.3, -0.25) is 4.79 Å². The average Bonchev–Trinajstić information content (AvgIpc) is 2.92. The topological polar surface area (TPSA) is 61.8 Å². The summed E-state index contributed by atoms with van der Waals surface area (Å²) in [7, 11) is 0. The molecule has 0 aromatic heterocycles. The Morgan fingerprint density at radius 3 is 2.31 bits per heavy atom. The van der Waals surface area contributed by atoms with Crippen molar-refractivity contribution in [3.63, 3.8) is 0 Å². The Morgan fingerprint density at radius 1 is 1.08 bits per heavy atom.